The van der Waals surface area contributed by atoms with Gasteiger partial charge in [0.25, 0.3) is 0 Å². The molecule has 3 rings (SSSR count). The van der Waals surface area contributed by atoms with Crippen LogP contribution >= 0.6 is 0 Å². The van der Waals surface area contributed by atoms with Crippen molar-refractivity contribution in [2.75, 3.05) is 6.61 Å². The summed E-state index contributed by atoms with van der Waals surface area (Å²) in [5.41, 5.74) is 2.14. The predicted octanol–water partition coefficient (Wildman–Crippen LogP) is 3.32. The Labute approximate surface area is 144 Å². The molecule has 0 radical (unpaired) electrons. The van der Waals surface area contributed by atoms with E-state index in [-0.39, 0.29) is 23.3 Å². The SMILES string of the molecule is CCO[C@@H]1C[C@H](NC(=O)[C@H](C)Cc2c(C)noc2C)C12CCCC2. The molecule has 3 atom stereocenters. The molecule has 1 N–H and O–H groups in total. The molecule has 134 valence electrons. The highest BCUT2D eigenvalue weighted by Crippen LogP contribution is 2.54. The van der Waals surface area contributed by atoms with Crippen LogP contribution in [0.15, 0.2) is 4.52 Å². The lowest BCUT2D eigenvalue weighted by atomic mass is 9.60. The van der Waals surface area contributed by atoms with E-state index >= 15 is 0 Å². The van der Waals surface area contributed by atoms with Crippen molar-refractivity contribution in [1.29, 1.82) is 0 Å². The molecule has 2 saturated carbocycles. The molecule has 2 aliphatic rings. The summed E-state index contributed by atoms with van der Waals surface area (Å²) in [5, 5.41) is 7.30. The van der Waals surface area contributed by atoms with Crippen molar-refractivity contribution in [2.45, 2.75) is 78.4 Å². The van der Waals surface area contributed by atoms with Gasteiger partial charge in [0.1, 0.15) is 5.76 Å². The lowest BCUT2D eigenvalue weighted by Crippen LogP contribution is -2.64. The molecular formula is C19H30N2O3. The summed E-state index contributed by atoms with van der Waals surface area (Å²) in [6.07, 6.45) is 6.84. The minimum atomic E-state index is -0.0774. The summed E-state index contributed by atoms with van der Waals surface area (Å²) in [4.78, 5) is 12.7. The third kappa shape index (κ3) is 2.99. The monoisotopic (exact) mass is 334 g/mol. The molecule has 1 aromatic rings. The van der Waals surface area contributed by atoms with Crippen molar-refractivity contribution in [2.24, 2.45) is 11.3 Å². The molecule has 2 fully saturated rings. The van der Waals surface area contributed by atoms with E-state index in [9.17, 15) is 4.79 Å². The van der Waals surface area contributed by atoms with E-state index < -0.39 is 0 Å². The van der Waals surface area contributed by atoms with Gasteiger partial charge in [-0.2, -0.15) is 0 Å². The number of hydrogen-bond acceptors (Lipinski definition) is 4. The molecular weight excluding hydrogens is 304 g/mol. The van der Waals surface area contributed by atoms with Crippen LogP contribution in [-0.2, 0) is 16.0 Å². The minimum absolute atomic E-state index is 0.0774. The minimum Gasteiger partial charge on any atom is -0.378 e. The van der Waals surface area contributed by atoms with Crippen molar-refractivity contribution in [1.82, 2.24) is 10.5 Å². The van der Waals surface area contributed by atoms with Gasteiger partial charge in [-0.25, -0.2) is 0 Å². The fraction of sp³-hybridized carbons (Fsp3) is 0.789. The number of rotatable bonds is 6. The molecule has 5 nitrogen and oxygen atoms in total. The zero-order valence-electron chi connectivity index (χ0n) is 15.4. The number of aryl methyl sites for hydroxylation is 2. The van der Waals surface area contributed by atoms with Crippen LogP contribution in [0.3, 0.4) is 0 Å². The van der Waals surface area contributed by atoms with Gasteiger partial charge in [-0.05, 0) is 46.5 Å². The number of amides is 1. The lowest BCUT2D eigenvalue weighted by molar-refractivity contribution is -0.146. The quantitative estimate of drug-likeness (QED) is 0.867. The molecule has 5 heteroatoms. The largest absolute Gasteiger partial charge is 0.378 e. The third-order valence-corrected chi connectivity index (χ3v) is 6.14. The van der Waals surface area contributed by atoms with Gasteiger partial charge < -0.3 is 14.6 Å². The zero-order valence-corrected chi connectivity index (χ0v) is 15.4. The highest BCUT2D eigenvalue weighted by molar-refractivity contribution is 5.79. The van der Waals surface area contributed by atoms with Crippen molar-refractivity contribution in [3.8, 4) is 0 Å². The summed E-state index contributed by atoms with van der Waals surface area (Å²) >= 11 is 0. The van der Waals surface area contributed by atoms with E-state index in [2.05, 4.69) is 17.4 Å². The van der Waals surface area contributed by atoms with E-state index in [1.165, 1.54) is 25.7 Å². The average molecular weight is 334 g/mol. The van der Waals surface area contributed by atoms with Crippen LogP contribution in [-0.4, -0.2) is 29.8 Å². The van der Waals surface area contributed by atoms with Gasteiger partial charge in [-0.15, -0.1) is 0 Å². The molecule has 24 heavy (non-hydrogen) atoms. The van der Waals surface area contributed by atoms with E-state index in [0.29, 0.717) is 12.5 Å². The molecule has 1 spiro atoms. The highest BCUT2D eigenvalue weighted by atomic mass is 16.5. The van der Waals surface area contributed by atoms with Crippen LogP contribution in [0.2, 0.25) is 0 Å². The van der Waals surface area contributed by atoms with E-state index in [1.807, 2.05) is 20.8 Å². The van der Waals surface area contributed by atoms with Gasteiger partial charge in [0.2, 0.25) is 5.91 Å². The van der Waals surface area contributed by atoms with Crippen molar-refractivity contribution in [3.05, 3.63) is 17.0 Å². The summed E-state index contributed by atoms with van der Waals surface area (Å²) in [6.45, 7) is 8.64. The summed E-state index contributed by atoms with van der Waals surface area (Å²) in [6, 6.07) is 0.274. The molecule has 0 saturated heterocycles. The Kier molecular flexibility index (Phi) is 5.00. The van der Waals surface area contributed by atoms with Crippen molar-refractivity contribution >= 4 is 5.91 Å². The van der Waals surface area contributed by atoms with Gasteiger partial charge in [0, 0.05) is 29.5 Å². The molecule has 0 aromatic carbocycles. The second kappa shape index (κ2) is 6.87. The second-order valence-electron chi connectivity index (χ2n) is 7.59. The number of ether oxygens (including phenoxy) is 1. The first-order valence-corrected chi connectivity index (χ1v) is 9.31. The number of nitrogens with one attached hydrogen (secondary N) is 1. The highest BCUT2D eigenvalue weighted by Gasteiger charge is 2.57. The fourth-order valence-electron chi connectivity index (χ4n) is 4.60. The van der Waals surface area contributed by atoms with Gasteiger partial charge in [-0.1, -0.05) is 24.9 Å². The number of nitrogens with zero attached hydrogens (tertiary/aromatic N) is 1. The zero-order chi connectivity index (χ0) is 17.3. The van der Waals surface area contributed by atoms with Gasteiger partial charge in [0.05, 0.1) is 11.8 Å². The molecule has 1 heterocycles. The molecule has 0 bridgehead atoms. The number of aromatic nitrogens is 1. The Bertz CT molecular complexity index is 570. The van der Waals surface area contributed by atoms with Gasteiger partial charge in [0.15, 0.2) is 0 Å². The fourth-order valence-corrected chi connectivity index (χ4v) is 4.60. The Morgan fingerprint density at radius 2 is 2.12 bits per heavy atom. The van der Waals surface area contributed by atoms with Crippen LogP contribution in [0.1, 0.15) is 63.0 Å². The van der Waals surface area contributed by atoms with Crippen LogP contribution in [0.4, 0.5) is 0 Å². The maximum Gasteiger partial charge on any atom is 0.223 e. The van der Waals surface area contributed by atoms with E-state index in [0.717, 1.165) is 30.0 Å². The normalized spacial score (nSPS) is 26.3. The smallest absolute Gasteiger partial charge is 0.223 e. The Morgan fingerprint density at radius 3 is 2.71 bits per heavy atom. The van der Waals surface area contributed by atoms with Crippen LogP contribution in [0.25, 0.3) is 0 Å². The molecule has 1 aromatic heterocycles. The average Bonchev–Trinajstić information content (AvgIpc) is 3.18. The Hall–Kier alpha value is -1.36. The number of carbonyl (C=O) groups is 1. The van der Waals surface area contributed by atoms with Crippen LogP contribution in [0.5, 0.6) is 0 Å². The molecule has 1 amide bonds. The first kappa shape index (κ1) is 17.5. The van der Waals surface area contributed by atoms with Crippen LogP contribution in [0, 0.1) is 25.2 Å². The first-order valence-electron chi connectivity index (χ1n) is 9.31. The summed E-state index contributed by atoms with van der Waals surface area (Å²) in [7, 11) is 0. The molecule has 0 unspecified atom stereocenters. The van der Waals surface area contributed by atoms with Crippen molar-refractivity contribution in [3.63, 3.8) is 0 Å². The first-order chi connectivity index (χ1) is 11.5. The van der Waals surface area contributed by atoms with Gasteiger partial charge >= 0.3 is 0 Å². The number of hydrogen-bond donors (Lipinski definition) is 1. The maximum atomic E-state index is 12.7. The summed E-state index contributed by atoms with van der Waals surface area (Å²) in [5.74, 6) is 0.882. The standard InChI is InChI=1S/C19H30N2O3/c1-5-23-17-11-16(19(17)8-6-7-9-19)20-18(22)12(2)10-15-13(3)21-24-14(15)4/h12,16-17H,5-11H2,1-4H3,(H,20,22)/t12-,16+,17-/m1/s1. The summed E-state index contributed by atoms with van der Waals surface area (Å²) < 4.78 is 11.1. The number of carbonyl (C=O) groups excluding carboxylic acids is 1. The van der Waals surface area contributed by atoms with Crippen molar-refractivity contribution < 1.29 is 14.1 Å². The predicted molar refractivity (Wildman–Crippen MR) is 91.7 cm³/mol. The second-order valence-corrected chi connectivity index (χ2v) is 7.59. The Morgan fingerprint density at radius 1 is 1.42 bits per heavy atom. The third-order valence-electron chi connectivity index (χ3n) is 6.14. The topological polar surface area (TPSA) is 64.4 Å². The molecule has 2 aliphatic carbocycles. The van der Waals surface area contributed by atoms with E-state index in [1.54, 1.807) is 0 Å². The van der Waals surface area contributed by atoms with E-state index in [4.69, 9.17) is 9.26 Å². The lowest BCUT2D eigenvalue weighted by Gasteiger charge is -2.54. The maximum absolute atomic E-state index is 12.7. The van der Waals surface area contributed by atoms with Crippen LogP contribution < -0.4 is 5.32 Å². The Balaban J connectivity index is 1.60. The molecule has 0 aliphatic heterocycles. The van der Waals surface area contributed by atoms with Gasteiger partial charge in [-0.3, -0.25) is 4.79 Å².